The van der Waals surface area contributed by atoms with Crippen molar-refractivity contribution in [3.8, 4) is 5.75 Å². The van der Waals surface area contributed by atoms with Gasteiger partial charge in [-0.15, -0.1) is 17.9 Å². The molecule has 0 unspecified atom stereocenters. The molecule has 5 amide bonds. The number of aromatic nitrogens is 15. The van der Waals surface area contributed by atoms with Gasteiger partial charge in [0.1, 0.15) is 91.3 Å². The number of hydrogen-bond acceptors (Lipinski definition) is 17. The van der Waals surface area contributed by atoms with Gasteiger partial charge in [0, 0.05) is 125 Å². The summed E-state index contributed by atoms with van der Waals surface area (Å²) in [5.74, 6) is 0.988. The van der Waals surface area contributed by atoms with Gasteiger partial charge in [0.05, 0.1) is 61.5 Å². The van der Waals surface area contributed by atoms with E-state index in [1.165, 1.54) is 60.1 Å². The van der Waals surface area contributed by atoms with Crippen molar-refractivity contribution in [2.24, 2.45) is 47.3 Å². The average molecular weight is 2020 g/mol. The first-order valence-electron chi connectivity index (χ1n) is 50.1. The molecule has 764 valence electrons. The van der Waals surface area contributed by atoms with Gasteiger partial charge in [0.15, 0.2) is 39.9 Å². The number of nitrogens with zero attached hydrogens (tertiary/aromatic N) is 20. The highest BCUT2D eigenvalue weighted by Gasteiger charge is 2.34. The van der Waals surface area contributed by atoms with Gasteiger partial charge in [-0.1, -0.05) is 118 Å². The van der Waals surface area contributed by atoms with E-state index in [0.29, 0.717) is 139 Å². The fourth-order valence-electron chi connectivity index (χ4n) is 16.9. The number of rotatable bonds is 40. The fraction of sp³-hybridized carbons (Fsp3) is 0.414. The van der Waals surface area contributed by atoms with Crippen LogP contribution in [0.3, 0.4) is 0 Å². The second-order valence-electron chi connectivity index (χ2n) is 39.5. The lowest BCUT2D eigenvalue weighted by Crippen LogP contribution is -2.34. The first-order valence-corrected chi connectivity index (χ1v) is 51.4. The van der Waals surface area contributed by atoms with E-state index in [1.807, 2.05) is 127 Å². The number of amides is 5. The van der Waals surface area contributed by atoms with Gasteiger partial charge in [-0.05, 0) is 221 Å². The summed E-state index contributed by atoms with van der Waals surface area (Å²) in [6.45, 7) is 35.0. The maximum absolute atomic E-state index is 14.3. The maximum atomic E-state index is 14.3. The van der Waals surface area contributed by atoms with Crippen LogP contribution in [0.15, 0.2) is 194 Å². The Kier molecular flexibility index (Phi) is 37.2. The molecule has 0 radical (unpaired) electrons. The number of fused-ring (bicyclic) bond motifs is 5. The molecule has 26 nitrogen and oxygen atoms in total. The molecule has 4 aromatic carbocycles. The van der Waals surface area contributed by atoms with Crippen LogP contribution in [0.5, 0.6) is 5.75 Å². The Morgan fingerprint density at radius 3 is 1.16 bits per heavy atom. The van der Waals surface area contributed by atoms with E-state index in [2.05, 4.69) is 118 Å². The van der Waals surface area contributed by atoms with Crippen molar-refractivity contribution >= 4 is 108 Å². The molecule has 0 N–H and O–H groups in total. The van der Waals surface area contributed by atoms with Crippen LogP contribution in [0, 0.1) is 82.2 Å². The zero-order valence-corrected chi connectivity index (χ0v) is 86.1. The first kappa shape index (κ1) is 107. The number of halogens is 7. The quantitative estimate of drug-likeness (QED) is 0.0255. The summed E-state index contributed by atoms with van der Waals surface area (Å²) in [5, 5.41) is 4.23. The number of carbonyl (C=O) groups excluding carboxylic acids is 5. The van der Waals surface area contributed by atoms with Gasteiger partial charge in [0.25, 0.3) is 29.5 Å². The maximum Gasteiger partial charge on any atom is 0.260 e. The van der Waals surface area contributed by atoms with Crippen molar-refractivity contribution in [2.45, 2.75) is 212 Å². The van der Waals surface area contributed by atoms with Crippen LogP contribution in [-0.2, 0) is 65.4 Å². The number of imidazole rings is 5. The third kappa shape index (κ3) is 28.4. The summed E-state index contributed by atoms with van der Waals surface area (Å²) >= 11 is 7.81. The summed E-state index contributed by atoms with van der Waals surface area (Å²) in [5.41, 5.74) is 8.79. The smallest absolute Gasteiger partial charge is 0.260 e. The van der Waals surface area contributed by atoms with Crippen LogP contribution in [0.2, 0.25) is 5.02 Å². The molecule has 3 aliphatic rings. The number of benzene rings is 4. The highest BCUT2D eigenvalue weighted by Crippen LogP contribution is 2.37. The van der Waals surface area contributed by atoms with Gasteiger partial charge in [-0.25, -0.2) is 76.2 Å². The van der Waals surface area contributed by atoms with Crippen molar-refractivity contribution in [1.82, 2.24) is 97.2 Å². The largest absolute Gasteiger partial charge is 0.495 e. The Morgan fingerprint density at radius 2 is 0.772 bits per heavy atom. The number of ether oxygens (including phenoxy) is 1. The van der Waals surface area contributed by atoms with Crippen LogP contribution >= 0.6 is 22.9 Å². The Balaban J connectivity index is 0.000000144. The van der Waals surface area contributed by atoms with Crippen molar-refractivity contribution in [1.29, 1.82) is 0 Å². The minimum Gasteiger partial charge on any atom is -0.495 e. The number of thiophene rings is 1. The van der Waals surface area contributed by atoms with E-state index in [-0.39, 0.29) is 60.3 Å². The Hall–Kier alpha value is -13.6. The van der Waals surface area contributed by atoms with Crippen LogP contribution in [0.25, 0.3) is 55.8 Å². The lowest BCUT2D eigenvalue weighted by molar-refractivity contribution is 0.0713. The normalized spacial score (nSPS) is 12.9. The third-order valence-electron chi connectivity index (χ3n) is 25.3. The van der Waals surface area contributed by atoms with E-state index in [1.54, 1.807) is 71.9 Å². The molecule has 0 atom stereocenters. The van der Waals surface area contributed by atoms with E-state index >= 15 is 0 Å². The predicted octanol–water partition coefficient (Wildman–Crippen LogP) is 23.6. The number of pyridine rings is 5. The van der Waals surface area contributed by atoms with Crippen molar-refractivity contribution in [3.63, 3.8) is 0 Å². The van der Waals surface area contributed by atoms with E-state index < -0.39 is 46.4 Å². The molecular weight excluding hydrogens is 1890 g/mol. The first-order chi connectivity index (χ1) is 69.8. The van der Waals surface area contributed by atoms with E-state index in [4.69, 9.17) is 26.3 Å². The van der Waals surface area contributed by atoms with Crippen LogP contribution in [0.1, 0.15) is 228 Å². The number of carbonyl (C=O) groups is 5. The van der Waals surface area contributed by atoms with Gasteiger partial charge < -0.3 is 52.1 Å². The monoisotopic (exact) mass is 2020 g/mol. The predicted molar refractivity (Wildman–Crippen MR) is 554 cm³/mol. The molecule has 0 bridgehead atoms. The lowest BCUT2D eigenvalue weighted by atomic mass is 10.1. The molecule has 3 saturated carbocycles. The summed E-state index contributed by atoms with van der Waals surface area (Å²) in [4.78, 5) is 120. The summed E-state index contributed by atoms with van der Waals surface area (Å²) in [6.07, 6.45) is 21.9. The average Bonchev–Trinajstić information content (AvgIpc) is 1.61. The summed E-state index contributed by atoms with van der Waals surface area (Å²) in [6, 6.07) is 36.5. The molecule has 11 heterocycles. The highest BCUT2D eigenvalue weighted by atomic mass is 35.5. The van der Waals surface area contributed by atoms with Gasteiger partial charge in [-0.3, -0.25) is 24.0 Å². The molecule has 145 heavy (non-hydrogen) atoms. The number of aryl methyl sites for hydroxylation is 1. The standard InChI is InChI=1S/C23H27ClN4O.C23H25F3N4O.C22H26F2N4O.C22H28N4O2S.C21H23FN4O/c1-16(2)11-13-27(23(29)18-6-3-4-7-19(18)24)15-21-26-20-8-5-12-25-22(20)28(21)14-17-9-10-17;1-14(2)7-9-29(23(31)21-17(25)10-16(24)11-18(21)26)13-20-28-19-4-3-8-27-22(19)30(20)12-15-5-6-15;1-4-11-28-20(26-19-6-5-10-25-21(19)28)14-27(12-9-15(2)3)22(29)16-7-8-17(23)18(24)13-16;1-15(2)8-10-25(22(27)17-13-29-14-19(17)28-3)12-20-24-18-5-4-9-23-21(18)26(20)11-16-6-7-16;1-4-12-25(21(27)16-8-5-6-9-17(16)22)14-19-24-18-10-7-11-23-20(18)26(19)13-15(2)3/h3-8,12,16-17H,9-11,13-15H2,1-2H3;3-4,8,10-11,14-15H,5-7,9,12-13H2,1-2H3;5-8,10,13,15H,4,9,11-12,14H2,1-3H3;4-5,9,13-16H,6-8,10-12H2,1-3H3;4-11,15H,1,12-14H2,2-3H3. The Labute approximate surface area is 851 Å². The lowest BCUT2D eigenvalue weighted by Gasteiger charge is -2.24. The number of methoxy groups -OCH3 is 1. The van der Waals surface area contributed by atoms with E-state index in [0.717, 1.165) is 157 Å². The number of hydrogen-bond donors (Lipinski definition) is 0. The zero-order valence-electron chi connectivity index (χ0n) is 84.6. The Morgan fingerprint density at radius 1 is 0.407 bits per heavy atom. The molecular formula is C111H129ClF6N20O6S. The van der Waals surface area contributed by atoms with Crippen LogP contribution < -0.4 is 4.74 Å². The molecule has 3 fully saturated rings. The minimum atomic E-state index is -1.20. The van der Waals surface area contributed by atoms with Gasteiger partial charge in [0.2, 0.25) is 0 Å². The molecule has 0 saturated heterocycles. The molecule has 0 aliphatic heterocycles. The Bertz CT molecular complexity index is 6960. The second kappa shape index (κ2) is 50.3. The fourth-order valence-corrected chi connectivity index (χ4v) is 17.9. The van der Waals surface area contributed by atoms with Crippen LogP contribution in [-0.4, -0.2) is 167 Å². The zero-order chi connectivity index (χ0) is 103. The molecule has 11 aromatic heterocycles. The minimum absolute atomic E-state index is 0.00161. The molecule has 3 aliphatic carbocycles. The molecule has 34 heteroatoms. The SMILES string of the molecule is C=CCN(Cc1nc2cccnc2n1CC(C)C)C(=O)c1ccccc1F.CC(C)CCN(Cc1nc2cccnc2n1CC1CC1)C(=O)c1c(F)cc(F)cc1F.CC(C)CCN(Cc1nc2cccnc2n1CC1CC1)C(=O)c1ccccc1Cl.CCCn1c(CN(CCC(C)C)C(=O)c2ccc(F)c(F)c2)nc2cccnc21.COc1cscc1C(=O)N(CCC(C)C)Cc1nc2cccnc2n1CC1CC1. The molecule has 0 spiro atoms. The van der Waals surface area contributed by atoms with Crippen LogP contribution in [0.4, 0.5) is 26.3 Å². The molecule has 18 rings (SSSR count). The van der Waals surface area contributed by atoms with Crippen molar-refractivity contribution < 1.29 is 55.1 Å². The third-order valence-corrected chi connectivity index (χ3v) is 26.4. The topological polar surface area (TPSA) is 264 Å². The van der Waals surface area contributed by atoms with Crippen molar-refractivity contribution in [2.75, 3.05) is 39.8 Å². The van der Waals surface area contributed by atoms with E-state index in [9.17, 15) is 50.3 Å². The molecule has 15 aromatic rings. The van der Waals surface area contributed by atoms with Crippen molar-refractivity contribution in [3.05, 3.63) is 291 Å². The second-order valence-corrected chi connectivity index (χ2v) is 40.6. The summed E-state index contributed by atoms with van der Waals surface area (Å²) in [7, 11) is 1.61. The van der Waals surface area contributed by atoms with Gasteiger partial charge in [-0.2, -0.15) is 0 Å². The highest BCUT2D eigenvalue weighted by molar-refractivity contribution is 7.08. The van der Waals surface area contributed by atoms with Gasteiger partial charge >= 0.3 is 0 Å². The summed E-state index contributed by atoms with van der Waals surface area (Å²) < 4.78 is 98.9.